The summed E-state index contributed by atoms with van der Waals surface area (Å²) in [5, 5.41) is 3.09. The fourth-order valence-corrected chi connectivity index (χ4v) is 5.54. The van der Waals surface area contributed by atoms with Crippen molar-refractivity contribution in [1.82, 2.24) is 0 Å². The highest BCUT2D eigenvalue weighted by Crippen LogP contribution is 2.60. The average molecular weight is 297 g/mol. The summed E-state index contributed by atoms with van der Waals surface area (Å²) in [6.07, 6.45) is 7.14. The van der Waals surface area contributed by atoms with Crippen LogP contribution in [0.25, 0.3) is 0 Å². The third kappa shape index (κ3) is 2.18. The number of anilines is 1. The summed E-state index contributed by atoms with van der Waals surface area (Å²) >= 11 is 0. The molecule has 0 aromatic heterocycles. The van der Waals surface area contributed by atoms with Crippen molar-refractivity contribution in [3.63, 3.8) is 0 Å². The third-order valence-electron chi connectivity index (χ3n) is 6.07. The lowest BCUT2D eigenvalue weighted by Gasteiger charge is -2.55. The van der Waals surface area contributed by atoms with E-state index in [4.69, 9.17) is 0 Å². The van der Waals surface area contributed by atoms with Crippen molar-refractivity contribution in [2.24, 2.45) is 23.2 Å². The molecule has 0 unspecified atom stereocenters. The molecule has 1 aromatic rings. The summed E-state index contributed by atoms with van der Waals surface area (Å²) in [6.45, 7) is 1.55. The minimum absolute atomic E-state index is 0.00131. The van der Waals surface area contributed by atoms with Crippen molar-refractivity contribution in [3.8, 4) is 0 Å². The molecule has 0 saturated heterocycles. The first-order valence-corrected chi connectivity index (χ1v) is 8.47. The van der Waals surface area contributed by atoms with Crippen molar-refractivity contribution in [2.75, 3.05) is 5.32 Å². The van der Waals surface area contributed by atoms with E-state index in [9.17, 15) is 9.59 Å². The fourth-order valence-electron chi connectivity index (χ4n) is 5.54. The van der Waals surface area contributed by atoms with Crippen LogP contribution in [0.15, 0.2) is 24.3 Å². The van der Waals surface area contributed by atoms with E-state index in [0.29, 0.717) is 11.3 Å². The van der Waals surface area contributed by atoms with Crippen LogP contribution in [0.4, 0.5) is 5.69 Å². The van der Waals surface area contributed by atoms with Crippen LogP contribution in [0, 0.1) is 23.2 Å². The molecule has 0 spiro atoms. The molecule has 4 aliphatic rings. The van der Waals surface area contributed by atoms with Gasteiger partial charge in [0.25, 0.3) is 0 Å². The Bertz CT molecular complexity index is 599. The Hall–Kier alpha value is -1.64. The first kappa shape index (κ1) is 14.0. The molecular formula is C19H23NO2. The van der Waals surface area contributed by atoms with Crippen molar-refractivity contribution in [2.45, 2.75) is 45.4 Å². The second-order valence-electron chi connectivity index (χ2n) is 7.75. The van der Waals surface area contributed by atoms with Gasteiger partial charge in [0.1, 0.15) is 0 Å². The Kier molecular flexibility index (Phi) is 3.14. The molecule has 3 heteroatoms. The van der Waals surface area contributed by atoms with Gasteiger partial charge in [-0.25, -0.2) is 0 Å². The number of carbonyl (C=O) groups excluding carboxylic acids is 2. The largest absolute Gasteiger partial charge is 0.325 e. The number of hydrogen-bond donors (Lipinski definition) is 1. The van der Waals surface area contributed by atoms with Crippen LogP contribution in [0.3, 0.4) is 0 Å². The lowest BCUT2D eigenvalue weighted by molar-refractivity contribution is -0.140. The van der Waals surface area contributed by atoms with Gasteiger partial charge in [0, 0.05) is 5.56 Å². The van der Waals surface area contributed by atoms with Gasteiger partial charge in [-0.2, -0.15) is 0 Å². The maximum Gasteiger partial charge on any atom is 0.230 e. The Labute approximate surface area is 131 Å². The second kappa shape index (κ2) is 4.94. The van der Waals surface area contributed by atoms with E-state index in [1.807, 2.05) is 18.2 Å². The van der Waals surface area contributed by atoms with E-state index in [1.165, 1.54) is 19.3 Å². The monoisotopic (exact) mass is 297 g/mol. The average Bonchev–Trinajstić information content (AvgIpc) is 2.46. The minimum Gasteiger partial charge on any atom is -0.325 e. The predicted octanol–water partition coefficient (Wildman–Crippen LogP) is 4.04. The molecule has 22 heavy (non-hydrogen) atoms. The van der Waals surface area contributed by atoms with Gasteiger partial charge in [0.05, 0.1) is 11.1 Å². The van der Waals surface area contributed by atoms with Crippen molar-refractivity contribution in [3.05, 3.63) is 29.8 Å². The quantitative estimate of drug-likeness (QED) is 0.856. The molecule has 4 saturated carbocycles. The number of carbonyl (C=O) groups is 2. The second-order valence-corrected chi connectivity index (χ2v) is 7.75. The predicted molar refractivity (Wildman–Crippen MR) is 85.7 cm³/mol. The van der Waals surface area contributed by atoms with Crippen molar-refractivity contribution in [1.29, 1.82) is 0 Å². The maximum atomic E-state index is 13.0. The standard InChI is InChI=1S/C19H23NO2/c1-12(21)16-4-2-3-5-17(16)20-18(22)19-9-13-6-14(10-19)8-15(7-13)11-19/h2-5,13-15H,6-11H2,1H3,(H,20,22). The molecule has 1 amide bonds. The van der Waals surface area contributed by atoms with Gasteiger partial charge in [0.15, 0.2) is 5.78 Å². The van der Waals surface area contributed by atoms with E-state index in [0.717, 1.165) is 37.0 Å². The maximum absolute atomic E-state index is 13.0. The van der Waals surface area contributed by atoms with Crippen LogP contribution in [0.1, 0.15) is 55.8 Å². The van der Waals surface area contributed by atoms with Crippen LogP contribution in [0.2, 0.25) is 0 Å². The highest BCUT2D eigenvalue weighted by Gasteiger charge is 2.54. The smallest absolute Gasteiger partial charge is 0.230 e. The van der Waals surface area contributed by atoms with E-state index in [1.54, 1.807) is 13.0 Å². The molecule has 4 aliphatic carbocycles. The zero-order valence-corrected chi connectivity index (χ0v) is 13.1. The molecule has 0 radical (unpaired) electrons. The number of nitrogens with one attached hydrogen (secondary N) is 1. The summed E-state index contributed by atoms with van der Waals surface area (Å²) in [6, 6.07) is 7.35. The molecule has 0 atom stereocenters. The zero-order chi connectivity index (χ0) is 15.3. The van der Waals surface area contributed by atoms with Crippen LogP contribution in [-0.4, -0.2) is 11.7 Å². The Morgan fingerprint density at radius 2 is 1.55 bits per heavy atom. The van der Waals surface area contributed by atoms with E-state index < -0.39 is 0 Å². The lowest BCUT2D eigenvalue weighted by Crippen LogP contribution is -2.51. The molecule has 1 aromatic carbocycles. The van der Waals surface area contributed by atoms with Crippen molar-refractivity contribution >= 4 is 17.4 Å². The van der Waals surface area contributed by atoms with E-state index >= 15 is 0 Å². The highest BCUT2D eigenvalue weighted by molar-refractivity contribution is 6.05. The summed E-state index contributed by atoms with van der Waals surface area (Å²) < 4.78 is 0. The third-order valence-corrected chi connectivity index (χ3v) is 6.07. The molecule has 0 heterocycles. The molecule has 5 rings (SSSR count). The van der Waals surface area contributed by atoms with Crippen LogP contribution >= 0.6 is 0 Å². The van der Waals surface area contributed by atoms with Gasteiger partial charge < -0.3 is 5.32 Å². The first-order valence-electron chi connectivity index (χ1n) is 8.47. The molecule has 3 nitrogen and oxygen atoms in total. The molecule has 116 valence electrons. The topological polar surface area (TPSA) is 46.2 Å². The van der Waals surface area contributed by atoms with Crippen LogP contribution in [0.5, 0.6) is 0 Å². The number of rotatable bonds is 3. The van der Waals surface area contributed by atoms with E-state index in [-0.39, 0.29) is 17.1 Å². The molecule has 4 bridgehead atoms. The molecule has 4 fully saturated rings. The SMILES string of the molecule is CC(=O)c1ccccc1NC(=O)C12CC3CC(CC(C3)C1)C2. The highest BCUT2D eigenvalue weighted by atomic mass is 16.2. The summed E-state index contributed by atoms with van der Waals surface area (Å²) in [5.41, 5.74) is 1.12. The summed E-state index contributed by atoms with van der Waals surface area (Å²) in [5.74, 6) is 2.40. The Morgan fingerprint density at radius 1 is 1.00 bits per heavy atom. The van der Waals surface area contributed by atoms with Crippen LogP contribution < -0.4 is 5.32 Å². The summed E-state index contributed by atoms with van der Waals surface area (Å²) in [7, 11) is 0. The molecular weight excluding hydrogens is 274 g/mol. The van der Waals surface area contributed by atoms with Crippen molar-refractivity contribution < 1.29 is 9.59 Å². The fraction of sp³-hybridized carbons (Fsp3) is 0.579. The van der Waals surface area contributed by atoms with Gasteiger partial charge in [-0.1, -0.05) is 12.1 Å². The zero-order valence-electron chi connectivity index (χ0n) is 13.1. The Balaban J connectivity index is 1.59. The number of para-hydroxylation sites is 1. The minimum atomic E-state index is -0.168. The van der Waals surface area contributed by atoms with Crippen LogP contribution in [-0.2, 0) is 4.79 Å². The van der Waals surface area contributed by atoms with Gasteiger partial charge in [-0.15, -0.1) is 0 Å². The Morgan fingerprint density at radius 3 is 2.09 bits per heavy atom. The number of ketones is 1. The number of hydrogen-bond acceptors (Lipinski definition) is 2. The normalized spacial score (nSPS) is 35.4. The number of amides is 1. The van der Waals surface area contributed by atoms with E-state index in [2.05, 4.69) is 5.32 Å². The molecule has 0 aliphatic heterocycles. The van der Waals surface area contributed by atoms with Gasteiger partial charge in [-0.05, 0) is 75.3 Å². The van der Waals surface area contributed by atoms with Gasteiger partial charge in [-0.3, -0.25) is 9.59 Å². The first-order chi connectivity index (χ1) is 10.6. The van der Waals surface area contributed by atoms with Gasteiger partial charge in [0.2, 0.25) is 5.91 Å². The number of Topliss-reactive ketones (excluding diaryl/α,β-unsaturated/α-hetero) is 1. The van der Waals surface area contributed by atoms with Gasteiger partial charge >= 0.3 is 0 Å². The number of benzene rings is 1. The lowest BCUT2D eigenvalue weighted by atomic mass is 9.49. The molecule has 1 N–H and O–H groups in total. The summed E-state index contributed by atoms with van der Waals surface area (Å²) in [4.78, 5) is 24.8.